The summed E-state index contributed by atoms with van der Waals surface area (Å²) >= 11 is 0. The molecular formula is C20H18FN5O3. The van der Waals surface area contributed by atoms with Crippen molar-refractivity contribution in [3.8, 4) is 16.9 Å². The fourth-order valence-electron chi connectivity index (χ4n) is 3.10. The molecule has 9 heteroatoms. The Morgan fingerprint density at radius 2 is 2.21 bits per heavy atom. The number of hydrogen-bond donors (Lipinski definition) is 1. The SMILES string of the molecule is CC(=O)NC[C@H]1CN(c2ccc(-c3ccc(-n4ccnc4)nc3)c(F)c2)C(=O)O1. The molecule has 0 bridgehead atoms. The quantitative estimate of drug-likeness (QED) is 0.717. The molecule has 0 unspecified atom stereocenters. The van der Waals surface area contributed by atoms with Crippen LogP contribution in [0, 0.1) is 5.82 Å². The minimum atomic E-state index is -0.571. The van der Waals surface area contributed by atoms with Crippen LogP contribution in [0.4, 0.5) is 14.9 Å². The summed E-state index contributed by atoms with van der Waals surface area (Å²) in [6, 6.07) is 8.10. The van der Waals surface area contributed by atoms with Crippen molar-refractivity contribution in [3.05, 3.63) is 61.1 Å². The van der Waals surface area contributed by atoms with E-state index in [1.807, 2.05) is 0 Å². The van der Waals surface area contributed by atoms with E-state index in [1.165, 1.54) is 17.9 Å². The van der Waals surface area contributed by atoms with Gasteiger partial charge in [-0.25, -0.2) is 19.2 Å². The predicted octanol–water partition coefficient (Wildman–Crippen LogP) is 2.53. The number of aromatic nitrogens is 3. The molecule has 1 saturated heterocycles. The van der Waals surface area contributed by atoms with Crippen molar-refractivity contribution >= 4 is 17.7 Å². The Hall–Kier alpha value is -3.75. The van der Waals surface area contributed by atoms with E-state index in [4.69, 9.17) is 4.74 Å². The lowest BCUT2D eigenvalue weighted by atomic mass is 10.1. The minimum Gasteiger partial charge on any atom is -0.442 e. The third-order valence-electron chi connectivity index (χ3n) is 4.54. The number of carbonyl (C=O) groups excluding carboxylic acids is 2. The van der Waals surface area contributed by atoms with Gasteiger partial charge in [-0.3, -0.25) is 14.3 Å². The van der Waals surface area contributed by atoms with Gasteiger partial charge in [0, 0.05) is 36.6 Å². The molecule has 1 atom stereocenters. The van der Waals surface area contributed by atoms with Crippen molar-refractivity contribution in [2.45, 2.75) is 13.0 Å². The van der Waals surface area contributed by atoms with Gasteiger partial charge in [0.25, 0.3) is 0 Å². The third kappa shape index (κ3) is 3.93. The summed E-state index contributed by atoms with van der Waals surface area (Å²) in [5, 5.41) is 2.61. The Morgan fingerprint density at radius 3 is 2.86 bits per heavy atom. The fraction of sp³-hybridized carbons (Fsp3) is 0.200. The number of nitrogens with one attached hydrogen (secondary N) is 1. The Morgan fingerprint density at radius 1 is 1.34 bits per heavy atom. The van der Waals surface area contributed by atoms with Gasteiger partial charge in [0.05, 0.1) is 18.8 Å². The summed E-state index contributed by atoms with van der Waals surface area (Å²) in [4.78, 5) is 32.8. The molecule has 0 aliphatic carbocycles. The van der Waals surface area contributed by atoms with E-state index in [1.54, 1.807) is 53.8 Å². The van der Waals surface area contributed by atoms with E-state index in [-0.39, 0.29) is 19.0 Å². The second-order valence-electron chi connectivity index (χ2n) is 6.59. The first-order chi connectivity index (χ1) is 14.0. The van der Waals surface area contributed by atoms with Gasteiger partial charge in [-0.1, -0.05) is 0 Å². The normalized spacial score (nSPS) is 16.0. The highest BCUT2D eigenvalue weighted by Gasteiger charge is 2.32. The van der Waals surface area contributed by atoms with Gasteiger partial charge >= 0.3 is 6.09 Å². The summed E-state index contributed by atoms with van der Waals surface area (Å²) in [6.07, 6.45) is 5.59. The lowest BCUT2D eigenvalue weighted by Crippen LogP contribution is -2.33. The molecule has 1 N–H and O–H groups in total. The Labute approximate surface area is 165 Å². The van der Waals surface area contributed by atoms with Crippen LogP contribution in [0.5, 0.6) is 0 Å². The van der Waals surface area contributed by atoms with E-state index < -0.39 is 18.0 Å². The molecule has 1 fully saturated rings. The van der Waals surface area contributed by atoms with Crippen LogP contribution >= 0.6 is 0 Å². The maximum Gasteiger partial charge on any atom is 0.414 e. The van der Waals surface area contributed by atoms with E-state index in [2.05, 4.69) is 15.3 Å². The zero-order valence-electron chi connectivity index (χ0n) is 15.6. The zero-order valence-corrected chi connectivity index (χ0v) is 15.6. The predicted molar refractivity (Wildman–Crippen MR) is 103 cm³/mol. The van der Waals surface area contributed by atoms with Gasteiger partial charge < -0.3 is 10.1 Å². The highest BCUT2D eigenvalue weighted by molar-refractivity contribution is 5.90. The highest BCUT2D eigenvalue weighted by atomic mass is 19.1. The van der Waals surface area contributed by atoms with Crippen LogP contribution < -0.4 is 10.2 Å². The minimum absolute atomic E-state index is 0.206. The molecule has 148 valence electrons. The first-order valence-electron chi connectivity index (χ1n) is 8.98. The molecule has 29 heavy (non-hydrogen) atoms. The number of ether oxygens (including phenoxy) is 1. The van der Waals surface area contributed by atoms with Crippen molar-refractivity contribution in [3.63, 3.8) is 0 Å². The van der Waals surface area contributed by atoms with Crippen LogP contribution in [0.25, 0.3) is 16.9 Å². The number of anilines is 1. The smallest absolute Gasteiger partial charge is 0.414 e. The number of nitrogens with zero attached hydrogens (tertiary/aromatic N) is 4. The lowest BCUT2D eigenvalue weighted by Gasteiger charge is -2.14. The number of halogens is 1. The number of amides is 2. The second-order valence-corrected chi connectivity index (χ2v) is 6.59. The van der Waals surface area contributed by atoms with Crippen LogP contribution in [0.3, 0.4) is 0 Å². The van der Waals surface area contributed by atoms with Crippen molar-refractivity contribution in [2.24, 2.45) is 0 Å². The largest absolute Gasteiger partial charge is 0.442 e. The standard InChI is InChI=1S/C20H18FN5O3/c1-13(27)23-10-16-11-26(20(28)29-16)15-3-4-17(18(21)8-15)14-2-5-19(24-9-14)25-7-6-22-12-25/h2-9,12,16H,10-11H2,1H3,(H,23,27)/t16-/m0/s1. The van der Waals surface area contributed by atoms with Crippen molar-refractivity contribution in [1.29, 1.82) is 0 Å². The van der Waals surface area contributed by atoms with E-state index in [9.17, 15) is 14.0 Å². The van der Waals surface area contributed by atoms with Gasteiger partial charge in [-0.05, 0) is 30.3 Å². The Balaban J connectivity index is 1.51. The molecule has 2 amide bonds. The van der Waals surface area contributed by atoms with Crippen LogP contribution in [-0.4, -0.2) is 45.7 Å². The van der Waals surface area contributed by atoms with Crippen molar-refractivity contribution in [2.75, 3.05) is 18.0 Å². The van der Waals surface area contributed by atoms with Gasteiger partial charge in [-0.2, -0.15) is 0 Å². The van der Waals surface area contributed by atoms with Gasteiger partial charge in [0.15, 0.2) is 0 Å². The zero-order chi connectivity index (χ0) is 20.4. The molecule has 0 radical (unpaired) electrons. The molecular weight excluding hydrogens is 377 g/mol. The summed E-state index contributed by atoms with van der Waals surface area (Å²) in [6.45, 7) is 1.84. The van der Waals surface area contributed by atoms with Crippen molar-refractivity contribution < 1.29 is 18.7 Å². The summed E-state index contributed by atoms with van der Waals surface area (Å²) in [5.74, 6) is -0.00587. The molecule has 3 heterocycles. The van der Waals surface area contributed by atoms with Crippen molar-refractivity contribution in [1.82, 2.24) is 19.9 Å². The average molecular weight is 395 g/mol. The Kier molecular flexibility index (Phi) is 4.94. The lowest BCUT2D eigenvalue weighted by molar-refractivity contribution is -0.119. The number of imidazole rings is 1. The van der Waals surface area contributed by atoms with Gasteiger partial charge in [-0.15, -0.1) is 0 Å². The summed E-state index contributed by atoms with van der Waals surface area (Å²) in [5.41, 5.74) is 1.39. The van der Waals surface area contributed by atoms with Crippen LogP contribution in [0.2, 0.25) is 0 Å². The fourth-order valence-corrected chi connectivity index (χ4v) is 3.10. The van der Waals surface area contributed by atoms with E-state index in [0.717, 1.165) is 0 Å². The number of pyridine rings is 1. The second kappa shape index (κ2) is 7.70. The third-order valence-corrected chi connectivity index (χ3v) is 4.54. The van der Waals surface area contributed by atoms with Crippen LogP contribution in [0.1, 0.15) is 6.92 Å². The molecule has 2 aromatic heterocycles. The molecule has 1 aromatic carbocycles. The first-order valence-corrected chi connectivity index (χ1v) is 8.98. The topological polar surface area (TPSA) is 89.4 Å². The maximum atomic E-state index is 14.8. The number of benzene rings is 1. The number of hydrogen-bond acceptors (Lipinski definition) is 5. The molecule has 0 saturated carbocycles. The molecule has 3 aromatic rings. The Bertz CT molecular complexity index is 1040. The average Bonchev–Trinajstić information content (AvgIpc) is 3.36. The van der Waals surface area contributed by atoms with Crippen LogP contribution in [-0.2, 0) is 9.53 Å². The highest BCUT2D eigenvalue weighted by Crippen LogP contribution is 2.29. The maximum absolute atomic E-state index is 14.8. The van der Waals surface area contributed by atoms with Gasteiger partial charge in [0.2, 0.25) is 5.91 Å². The van der Waals surface area contributed by atoms with E-state index >= 15 is 0 Å². The van der Waals surface area contributed by atoms with E-state index in [0.29, 0.717) is 22.6 Å². The molecule has 4 rings (SSSR count). The molecule has 1 aliphatic heterocycles. The van der Waals surface area contributed by atoms with Gasteiger partial charge in [0.1, 0.15) is 24.1 Å². The monoisotopic (exact) mass is 395 g/mol. The number of rotatable bonds is 5. The molecule has 1 aliphatic rings. The first kappa shape index (κ1) is 18.6. The number of carbonyl (C=O) groups is 2. The molecule has 0 spiro atoms. The number of cyclic esters (lactones) is 1. The summed E-state index contributed by atoms with van der Waals surface area (Å²) < 4.78 is 21.7. The summed E-state index contributed by atoms with van der Waals surface area (Å²) in [7, 11) is 0. The van der Waals surface area contributed by atoms with Crippen LogP contribution in [0.15, 0.2) is 55.2 Å². The molecule has 8 nitrogen and oxygen atoms in total.